The number of carbonyl (C=O) groups is 1. The van der Waals surface area contributed by atoms with Crippen molar-refractivity contribution in [2.45, 2.75) is 13.3 Å². The second-order valence-electron chi connectivity index (χ2n) is 4.06. The van der Waals surface area contributed by atoms with Gasteiger partial charge in [0.25, 0.3) is 0 Å². The molecule has 2 aromatic rings. The molecule has 0 bridgehead atoms. The van der Waals surface area contributed by atoms with Gasteiger partial charge in [-0.25, -0.2) is 0 Å². The maximum atomic E-state index is 12.2. The van der Waals surface area contributed by atoms with Gasteiger partial charge in [0.1, 0.15) is 11.4 Å². The lowest BCUT2D eigenvalue weighted by molar-refractivity contribution is 0.103. The number of aromatic nitrogens is 1. The van der Waals surface area contributed by atoms with E-state index in [0.717, 1.165) is 16.6 Å². The molecule has 0 amide bonds. The second-order valence-corrected chi connectivity index (χ2v) is 4.98. The average Bonchev–Trinajstić information content (AvgIpc) is 2.46. The van der Waals surface area contributed by atoms with Crippen molar-refractivity contribution in [1.82, 2.24) is 4.98 Å². The van der Waals surface area contributed by atoms with E-state index in [0.29, 0.717) is 17.9 Å². The maximum Gasteiger partial charge on any atom is 0.211 e. The highest BCUT2D eigenvalue weighted by Crippen LogP contribution is 2.16. The minimum absolute atomic E-state index is 0.0884. The number of ketones is 1. The normalized spacial score (nSPS) is 10.2. The number of hydrogen-bond acceptors (Lipinski definition) is 3. The molecule has 0 radical (unpaired) electrons. The Hall–Kier alpha value is -1.68. The summed E-state index contributed by atoms with van der Waals surface area (Å²) in [6.45, 7) is 2.73. The van der Waals surface area contributed by atoms with E-state index in [9.17, 15) is 4.79 Å². The first-order chi connectivity index (χ1) is 9.20. The fourth-order valence-corrected chi connectivity index (χ4v) is 1.82. The first-order valence-corrected chi connectivity index (χ1v) is 6.89. The summed E-state index contributed by atoms with van der Waals surface area (Å²) in [5, 5.41) is 0. The predicted octanol–water partition coefficient (Wildman–Crippen LogP) is 3.86. The van der Waals surface area contributed by atoms with E-state index in [1.54, 1.807) is 30.5 Å². The Kier molecular flexibility index (Phi) is 4.68. The minimum Gasteiger partial charge on any atom is -0.494 e. The van der Waals surface area contributed by atoms with E-state index < -0.39 is 0 Å². The molecule has 1 aromatic carbocycles. The van der Waals surface area contributed by atoms with E-state index in [2.05, 4.69) is 27.8 Å². The molecule has 0 unspecified atom stereocenters. The van der Waals surface area contributed by atoms with Crippen LogP contribution in [0.3, 0.4) is 0 Å². The summed E-state index contributed by atoms with van der Waals surface area (Å²) in [4.78, 5) is 16.3. The van der Waals surface area contributed by atoms with Crippen molar-refractivity contribution in [3.8, 4) is 5.75 Å². The molecule has 1 aromatic heterocycles. The van der Waals surface area contributed by atoms with Gasteiger partial charge in [-0.3, -0.25) is 9.78 Å². The molecule has 19 heavy (non-hydrogen) atoms. The molecular weight excluding hydrogens is 306 g/mol. The largest absolute Gasteiger partial charge is 0.494 e. The van der Waals surface area contributed by atoms with Crippen LogP contribution in [-0.2, 0) is 0 Å². The lowest BCUT2D eigenvalue weighted by Crippen LogP contribution is -2.03. The number of benzene rings is 1. The number of carbonyl (C=O) groups excluding carboxylic acids is 1. The molecule has 0 atom stereocenters. The third-order valence-corrected chi connectivity index (χ3v) is 3.02. The molecule has 0 N–H and O–H groups in total. The van der Waals surface area contributed by atoms with Crippen LogP contribution in [0.25, 0.3) is 0 Å². The van der Waals surface area contributed by atoms with Gasteiger partial charge in [0, 0.05) is 16.2 Å². The van der Waals surface area contributed by atoms with E-state index >= 15 is 0 Å². The smallest absolute Gasteiger partial charge is 0.211 e. The summed E-state index contributed by atoms with van der Waals surface area (Å²) in [5.74, 6) is 0.691. The van der Waals surface area contributed by atoms with Crippen molar-refractivity contribution in [2.75, 3.05) is 6.61 Å². The molecule has 0 aliphatic heterocycles. The first-order valence-electron chi connectivity index (χ1n) is 6.10. The topological polar surface area (TPSA) is 39.2 Å². The molecule has 3 nitrogen and oxygen atoms in total. The van der Waals surface area contributed by atoms with Crippen LogP contribution in [0.2, 0.25) is 0 Å². The van der Waals surface area contributed by atoms with Gasteiger partial charge in [-0.2, -0.15) is 0 Å². The van der Waals surface area contributed by atoms with Crippen molar-refractivity contribution in [2.24, 2.45) is 0 Å². The van der Waals surface area contributed by atoms with Gasteiger partial charge >= 0.3 is 0 Å². The summed E-state index contributed by atoms with van der Waals surface area (Å²) in [6.07, 6.45) is 2.58. The molecule has 0 spiro atoms. The molecular formula is C15H14BrNO2. The zero-order chi connectivity index (χ0) is 13.7. The summed E-state index contributed by atoms with van der Waals surface area (Å²) < 4.78 is 6.33. The van der Waals surface area contributed by atoms with E-state index in [1.807, 2.05) is 12.1 Å². The number of rotatable bonds is 5. The molecule has 4 heteroatoms. The van der Waals surface area contributed by atoms with Crippen molar-refractivity contribution in [3.05, 3.63) is 58.3 Å². The highest BCUT2D eigenvalue weighted by atomic mass is 79.9. The molecule has 98 valence electrons. The van der Waals surface area contributed by atoms with Crippen LogP contribution in [0.4, 0.5) is 0 Å². The highest BCUT2D eigenvalue weighted by Gasteiger charge is 2.10. The molecule has 2 rings (SSSR count). The minimum atomic E-state index is -0.0884. The van der Waals surface area contributed by atoms with Gasteiger partial charge in [-0.1, -0.05) is 6.92 Å². The lowest BCUT2D eigenvalue weighted by atomic mass is 10.1. The van der Waals surface area contributed by atoms with Gasteiger partial charge in [0.15, 0.2) is 0 Å². The fourth-order valence-electron chi connectivity index (χ4n) is 1.58. The van der Waals surface area contributed by atoms with E-state index in [1.165, 1.54) is 0 Å². The number of nitrogens with zero attached hydrogens (tertiary/aromatic N) is 1. The Morgan fingerprint density at radius 1 is 1.21 bits per heavy atom. The van der Waals surface area contributed by atoms with Gasteiger partial charge in [-0.15, -0.1) is 0 Å². The Labute approximate surface area is 120 Å². The second kappa shape index (κ2) is 6.48. The van der Waals surface area contributed by atoms with Gasteiger partial charge < -0.3 is 4.74 Å². The van der Waals surface area contributed by atoms with E-state index in [4.69, 9.17) is 4.74 Å². The van der Waals surface area contributed by atoms with Crippen molar-refractivity contribution >= 4 is 21.7 Å². The molecule has 1 heterocycles. The quantitative estimate of drug-likeness (QED) is 0.785. The van der Waals surface area contributed by atoms with Crippen molar-refractivity contribution in [1.29, 1.82) is 0 Å². The Balaban J connectivity index is 2.13. The number of hydrogen-bond donors (Lipinski definition) is 0. The van der Waals surface area contributed by atoms with Crippen LogP contribution < -0.4 is 4.74 Å². The zero-order valence-corrected chi connectivity index (χ0v) is 12.2. The number of halogens is 1. The van der Waals surface area contributed by atoms with Crippen LogP contribution in [0.5, 0.6) is 5.75 Å². The molecule has 0 fully saturated rings. The average molecular weight is 320 g/mol. The van der Waals surface area contributed by atoms with Gasteiger partial charge in [0.2, 0.25) is 5.78 Å². The summed E-state index contributed by atoms with van der Waals surface area (Å²) in [5.41, 5.74) is 1.05. The van der Waals surface area contributed by atoms with Crippen molar-refractivity contribution < 1.29 is 9.53 Å². The van der Waals surface area contributed by atoms with Crippen LogP contribution in [-0.4, -0.2) is 17.4 Å². The summed E-state index contributed by atoms with van der Waals surface area (Å²) in [6, 6.07) is 10.6. The Morgan fingerprint density at radius 2 is 1.95 bits per heavy atom. The fraction of sp³-hybridized carbons (Fsp3) is 0.200. The Morgan fingerprint density at radius 3 is 2.53 bits per heavy atom. The molecule has 0 saturated heterocycles. The van der Waals surface area contributed by atoms with Gasteiger partial charge in [0.05, 0.1) is 6.61 Å². The molecule has 0 saturated carbocycles. The summed E-state index contributed by atoms with van der Waals surface area (Å²) >= 11 is 3.29. The lowest BCUT2D eigenvalue weighted by Gasteiger charge is -2.05. The number of ether oxygens (including phenoxy) is 1. The van der Waals surface area contributed by atoms with Gasteiger partial charge in [-0.05, 0) is 58.7 Å². The van der Waals surface area contributed by atoms with Crippen LogP contribution in [0.15, 0.2) is 47.1 Å². The maximum absolute atomic E-state index is 12.2. The molecule has 0 aliphatic rings. The number of pyridine rings is 1. The third-order valence-electron chi connectivity index (χ3n) is 2.55. The Bertz CT molecular complexity index is 549. The molecule has 0 aliphatic carbocycles. The van der Waals surface area contributed by atoms with Crippen LogP contribution in [0.1, 0.15) is 29.4 Å². The van der Waals surface area contributed by atoms with Crippen molar-refractivity contribution in [3.63, 3.8) is 0 Å². The predicted molar refractivity (Wildman–Crippen MR) is 77.6 cm³/mol. The summed E-state index contributed by atoms with van der Waals surface area (Å²) in [7, 11) is 0. The first kappa shape index (κ1) is 13.7. The highest BCUT2D eigenvalue weighted by molar-refractivity contribution is 9.10. The standard InChI is InChI=1S/C15H14BrNO2/c1-2-9-19-13-6-3-11(4-7-13)15(18)14-8-5-12(16)10-17-14/h3-8,10H,2,9H2,1H3. The van der Waals surface area contributed by atoms with E-state index in [-0.39, 0.29) is 5.78 Å². The third kappa shape index (κ3) is 3.64. The van der Waals surface area contributed by atoms with Crippen LogP contribution in [0, 0.1) is 0 Å². The zero-order valence-electron chi connectivity index (χ0n) is 10.6. The van der Waals surface area contributed by atoms with Crippen LogP contribution >= 0.6 is 15.9 Å². The monoisotopic (exact) mass is 319 g/mol. The SMILES string of the molecule is CCCOc1ccc(C(=O)c2ccc(Br)cn2)cc1.